The van der Waals surface area contributed by atoms with E-state index in [4.69, 9.17) is 14.2 Å². The summed E-state index contributed by atoms with van der Waals surface area (Å²) in [4.78, 5) is 24.7. The zero-order valence-electron chi connectivity index (χ0n) is 15.7. The first-order valence-corrected chi connectivity index (χ1v) is 9.09. The monoisotopic (exact) mass is 385 g/mol. The van der Waals surface area contributed by atoms with E-state index < -0.39 is 4.92 Å². The van der Waals surface area contributed by atoms with Crippen LogP contribution in [0.25, 0.3) is 0 Å². The number of methoxy groups -OCH3 is 1. The summed E-state index contributed by atoms with van der Waals surface area (Å²) in [5, 5.41) is 11.0. The molecule has 0 amide bonds. The minimum atomic E-state index is -0.492. The number of nitrogens with one attached hydrogen (secondary N) is 1. The molecule has 1 unspecified atom stereocenters. The van der Waals surface area contributed by atoms with Gasteiger partial charge in [-0.1, -0.05) is 12.1 Å². The zero-order chi connectivity index (χ0) is 19.8. The van der Waals surface area contributed by atoms with Gasteiger partial charge in [-0.15, -0.1) is 0 Å². The van der Waals surface area contributed by atoms with Crippen molar-refractivity contribution in [2.24, 2.45) is 0 Å². The second kappa shape index (κ2) is 7.12. The molecule has 146 valence electrons. The van der Waals surface area contributed by atoms with Gasteiger partial charge in [0.25, 0.3) is 5.69 Å². The summed E-state index contributed by atoms with van der Waals surface area (Å²) < 4.78 is 16.8. The highest BCUT2D eigenvalue weighted by atomic mass is 16.7. The Labute approximate surface area is 161 Å². The van der Waals surface area contributed by atoms with E-state index in [1.807, 2.05) is 13.1 Å². The highest BCUT2D eigenvalue weighted by Crippen LogP contribution is 2.47. The van der Waals surface area contributed by atoms with Crippen LogP contribution in [0.1, 0.15) is 33.9 Å². The highest BCUT2D eigenvalue weighted by Gasteiger charge is 2.37. The minimum Gasteiger partial charge on any atom is -0.492 e. The minimum absolute atomic E-state index is 0.0865. The van der Waals surface area contributed by atoms with Gasteiger partial charge >= 0.3 is 0 Å². The Morgan fingerprint density at radius 1 is 1.36 bits per heavy atom. The summed E-state index contributed by atoms with van der Waals surface area (Å²) >= 11 is 0. The maximum Gasteiger partial charge on any atom is 0.270 e. The first kappa shape index (κ1) is 18.2. The third-order valence-corrected chi connectivity index (χ3v) is 5.45. The van der Waals surface area contributed by atoms with E-state index in [1.165, 1.54) is 23.1 Å². The molecule has 1 N–H and O–H groups in total. The summed E-state index contributed by atoms with van der Waals surface area (Å²) in [7, 11) is 3.62. The van der Waals surface area contributed by atoms with Crippen molar-refractivity contribution < 1.29 is 28.8 Å². The number of carbonyl (C=O) groups excluding carboxylic acids is 1. The number of nitro benzene ring substituents is 1. The number of non-ortho nitro benzene ring substituents is 1. The second-order valence-corrected chi connectivity index (χ2v) is 7.05. The van der Waals surface area contributed by atoms with Gasteiger partial charge in [0.15, 0.2) is 17.3 Å². The number of rotatable bonds is 5. The van der Waals surface area contributed by atoms with E-state index >= 15 is 0 Å². The van der Waals surface area contributed by atoms with E-state index in [9.17, 15) is 14.9 Å². The van der Waals surface area contributed by atoms with Gasteiger partial charge in [0, 0.05) is 24.1 Å². The van der Waals surface area contributed by atoms with E-state index in [0.29, 0.717) is 22.8 Å². The first-order chi connectivity index (χ1) is 13.5. The zero-order valence-corrected chi connectivity index (χ0v) is 15.7. The Hall–Kier alpha value is -3.13. The Morgan fingerprint density at radius 2 is 2.18 bits per heavy atom. The molecular weight excluding hydrogens is 364 g/mol. The van der Waals surface area contributed by atoms with Gasteiger partial charge in [-0.2, -0.15) is 0 Å². The summed E-state index contributed by atoms with van der Waals surface area (Å²) in [6.45, 7) is 1.01. The average molecular weight is 385 g/mol. The molecule has 0 bridgehead atoms. The molecule has 2 aliphatic heterocycles. The predicted molar refractivity (Wildman–Crippen MR) is 99.4 cm³/mol. The number of hydrogen-bond donors (Lipinski definition) is 1. The molecule has 8 nitrogen and oxygen atoms in total. The lowest BCUT2D eigenvalue weighted by atomic mass is 9.87. The quantitative estimate of drug-likeness (QED) is 0.479. The normalized spacial score (nSPS) is 19.8. The van der Waals surface area contributed by atoms with E-state index in [-0.39, 0.29) is 30.7 Å². The topological polar surface area (TPSA) is 92.3 Å². The average Bonchev–Trinajstić information content (AvgIpc) is 3.16. The van der Waals surface area contributed by atoms with Crippen LogP contribution < -0.4 is 19.1 Å². The van der Waals surface area contributed by atoms with Crippen LogP contribution in [0.2, 0.25) is 0 Å². The van der Waals surface area contributed by atoms with Gasteiger partial charge < -0.3 is 19.1 Å². The molecule has 4 rings (SSSR count). The molecule has 8 heteroatoms. The van der Waals surface area contributed by atoms with Gasteiger partial charge in [-0.05, 0) is 11.6 Å². The van der Waals surface area contributed by atoms with Crippen LogP contribution in [0, 0.1) is 10.1 Å². The number of quaternary nitrogens is 1. The molecule has 2 aromatic rings. The van der Waals surface area contributed by atoms with Gasteiger partial charge in [0.05, 0.1) is 37.6 Å². The van der Waals surface area contributed by atoms with Gasteiger partial charge in [0.2, 0.25) is 12.5 Å². The number of Topliss-reactive ketones (excluding diaryl/α,β-unsaturated/α-hetero) is 1. The third-order valence-electron chi connectivity index (χ3n) is 5.45. The molecule has 0 aromatic heterocycles. The van der Waals surface area contributed by atoms with Crippen molar-refractivity contribution in [3.05, 3.63) is 57.1 Å². The summed E-state index contributed by atoms with van der Waals surface area (Å²) in [6, 6.07) is 7.70. The first-order valence-electron chi connectivity index (χ1n) is 9.09. The number of carbonyl (C=O) groups is 1. The van der Waals surface area contributed by atoms with Crippen LogP contribution in [0.3, 0.4) is 0 Å². The molecule has 0 fully saturated rings. The molecule has 2 heterocycles. The molecule has 0 saturated carbocycles. The molecule has 0 aliphatic carbocycles. The van der Waals surface area contributed by atoms with Crippen molar-refractivity contribution in [2.75, 3.05) is 27.5 Å². The third kappa shape index (κ3) is 3.05. The smallest absolute Gasteiger partial charge is 0.270 e. The van der Waals surface area contributed by atoms with E-state index in [1.54, 1.807) is 13.2 Å². The second-order valence-electron chi connectivity index (χ2n) is 7.05. The molecule has 2 aromatic carbocycles. The summed E-state index contributed by atoms with van der Waals surface area (Å²) in [6.07, 6.45) is 1.06. The number of fused-ring (bicyclic) bond motifs is 2. The van der Waals surface area contributed by atoms with Crippen LogP contribution in [0.5, 0.6) is 17.2 Å². The van der Waals surface area contributed by atoms with Gasteiger partial charge in [-0.25, -0.2) is 0 Å². The maximum atomic E-state index is 12.9. The fourth-order valence-corrected chi connectivity index (χ4v) is 3.99. The largest absolute Gasteiger partial charge is 0.492 e. The number of nitrogens with zero attached hydrogens (tertiary/aromatic N) is 1. The molecule has 2 aliphatic rings. The molecule has 2 atom stereocenters. The lowest BCUT2D eigenvalue weighted by Gasteiger charge is -2.32. The maximum absolute atomic E-state index is 12.9. The molecule has 0 spiro atoms. The Morgan fingerprint density at radius 3 is 2.93 bits per heavy atom. The Kier molecular flexibility index (Phi) is 4.64. The van der Waals surface area contributed by atoms with E-state index in [0.717, 1.165) is 24.1 Å². The Balaban J connectivity index is 1.70. The lowest BCUT2D eigenvalue weighted by molar-refractivity contribution is -0.913. The predicted octanol–water partition coefficient (Wildman–Crippen LogP) is 1.72. The van der Waals surface area contributed by atoms with Crippen LogP contribution in [-0.4, -0.2) is 38.2 Å². The number of hydrogen-bond acceptors (Lipinski definition) is 6. The van der Waals surface area contributed by atoms with Crippen molar-refractivity contribution in [3.63, 3.8) is 0 Å². The van der Waals surface area contributed by atoms with E-state index in [2.05, 4.69) is 0 Å². The molecule has 28 heavy (non-hydrogen) atoms. The number of likely N-dealkylation sites (N-methyl/N-ethyl adjacent to an activating group) is 1. The fraction of sp³-hybridized carbons (Fsp3) is 0.350. The number of nitro groups is 1. The van der Waals surface area contributed by atoms with Crippen molar-refractivity contribution in [1.29, 1.82) is 0 Å². The fourth-order valence-electron chi connectivity index (χ4n) is 3.99. The molecular formula is C20H21N2O6+. The van der Waals surface area contributed by atoms with Crippen molar-refractivity contribution in [3.8, 4) is 17.2 Å². The molecule has 0 saturated heterocycles. The molecule has 0 radical (unpaired) electrons. The van der Waals surface area contributed by atoms with Crippen LogP contribution in [0.4, 0.5) is 5.69 Å². The van der Waals surface area contributed by atoms with Gasteiger partial charge in [-0.3, -0.25) is 14.9 Å². The highest BCUT2D eigenvalue weighted by molar-refractivity contribution is 5.97. The number of ketones is 1. The van der Waals surface area contributed by atoms with Crippen molar-refractivity contribution in [1.82, 2.24) is 0 Å². The van der Waals surface area contributed by atoms with Crippen LogP contribution in [-0.2, 0) is 6.42 Å². The van der Waals surface area contributed by atoms with Crippen molar-refractivity contribution >= 4 is 11.5 Å². The number of ether oxygens (including phenoxy) is 3. The lowest BCUT2D eigenvalue weighted by Crippen LogP contribution is -3.10. The van der Waals surface area contributed by atoms with Gasteiger partial charge in [0.1, 0.15) is 6.04 Å². The summed E-state index contributed by atoms with van der Waals surface area (Å²) in [5.74, 6) is 1.71. The standard InChI is InChI=1S/C20H20N2O6/c1-21-7-6-13-9-17-19(28-11-27-17)20(26-2)18(13)15(21)10-16(23)12-4-3-5-14(8-12)22(24)25/h3-5,8-9,15H,6-7,10-11H2,1-2H3/p+1/t15-/m0/s1. The Bertz CT molecular complexity index is 958. The van der Waals surface area contributed by atoms with Crippen molar-refractivity contribution in [2.45, 2.75) is 18.9 Å². The van der Waals surface area contributed by atoms with Crippen LogP contribution >= 0.6 is 0 Å². The summed E-state index contributed by atoms with van der Waals surface area (Å²) in [5.41, 5.74) is 2.29. The SMILES string of the molecule is COc1c2c(cc3c1[C@H](CC(=O)c1cccc([N+](=O)[O-])c1)[NH+](C)CC3)OCO2. The van der Waals surface area contributed by atoms with Crippen LogP contribution in [0.15, 0.2) is 30.3 Å². The number of benzene rings is 2.